The molecule has 23 heavy (non-hydrogen) atoms. The summed E-state index contributed by atoms with van der Waals surface area (Å²) in [6.07, 6.45) is 3.83. The fourth-order valence-corrected chi connectivity index (χ4v) is 3.20. The molecular weight excluding hydrogens is 316 g/mol. The van der Waals surface area contributed by atoms with Gasteiger partial charge in [0, 0.05) is 30.1 Å². The second-order valence-electron chi connectivity index (χ2n) is 6.03. The lowest BCUT2D eigenvalue weighted by Gasteiger charge is -2.23. The summed E-state index contributed by atoms with van der Waals surface area (Å²) in [4.78, 5) is 14.3. The third kappa shape index (κ3) is 3.41. The van der Waals surface area contributed by atoms with E-state index in [9.17, 15) is 9.90 Å². The van der Waals surface area contributed by atoms with Crippen molar-refractivity contribution in [1.82, 2.24) is 10.1 Å². The standard InChI is InChI=1S/C17H19ClN2O3/c1-20(9-12-3-2-4-15(12)21)17(22)14-10-23-19-16(14)11-5-7-13(18)8-6-11/h5-8,10,12,15,21H,2-4,9H2,1H3. The van der Waals surface area contributed by atoms with E-state index in [1.54, 1.807) is 36.2 Å². The fraction of sp³-hybridized carbons (Fsp3) is 0.412. The number of nitrogens with zero attached hydrogens (tertiary/aromatic N) is 2. The molecule has 1 amide bonds. The van der Waals surface area contributed by atoms with Gasteiger partial charge in [0.25, 0.3) is 5.91 Å². The van der Waals surface area contributed by atoms with E-state index < -0.39 is 0 Å². The fourth-order valence-electron chi connectivity index (χ4n) is 3.07. The van der Waals surface area contributed by atoms with Crippen molar-refractivity contribution in [2.75, 3.05) is 13.6 Å². The van der Waals surface area contributed by atoms with Crippen LogP contribution in [0.4, 0.5) is 0 Å². The average molecular weight is 335 g/mol. The van der Waals surface area contributed by atoms with E-state index in [2.05, 4.69) is 5.16 Å². The number of amides is 1. The number of hydrogen-bond acceptors (Lipinski definition) is 4. The molecular formula is C17H19ClN2O3. The monoisotopic (exact) mass is 334 g/mol. The summed E-state index contributed by atoms with van der Waals surface area (Å²) < 4.78 is 5.01. The highest BCUT2D eigenvalue weighted by atomic mass is 35.5. The summed E-state index contributed by atoms with van der Waals surface area (Å²) >= 11 is 5.89. The van der Waals surface area contributed by atoms with Gasteiger partial charge in [-0.2, -0.15) is 0 Å². The summed E-state index contributed by atoms with van der Waals surface area (Å²) in [7, 11) is 1.74. The van der Waals surface area contributed by atoms with Gasteiger partial charge < -0.3 is 14.5 Å². The van der Waals surface area contributed by atoms with Crippen molar-refractivity contribution in [3.05, 3.63) is 41.1 Å². The van der Waals surface area contributed by atoms with Gasteiger partial charge in [-0.05, 0) is 25.0 Å². The van der Waals surface area contributed by atoms with E-state index in [4.69, 9.17) is 16.1 Å². The predicted octanol–water partition coefficient (Wildman–Crippen LogP) is 3.23. The minimum Gasteiger partial charge on any atom is -0.393 e. The Morgan fingerprint density at radius 1 is 1.39 bits per heavy atom. The van der Waals surface area contributed by atoms with Crippen LogP contribution in [0.3, 0.4) is 0 Å². The molecule has 1 aliphatic carbocycles. The summed E-state index contributed by atoms with van der Waals surface area (Å²) in [6.45, 7) is 0.533. The van der Waals surface area contributed by atoms with Crippen LogP contribution in [0.5, 0.6) is 0 Å². The first-order valence-electron chi connectivity index (χ1n) is 7.70. The molecule has 6 heteroatoms. The normalized spacial score (nSPS) is 20.7. The van der Waals surface area contributed by atoms with Gasteiger partial charge in [-0.15, -0.1) is 0 Å². The Kier molecular flexibility index (Phi) is 4.68. The number of benzene rings is 1. The number of rotatable bonds is 4. The van der Waals surface area contributed by atoms with Crippen LogP contribution >= 0.6 is 11.6 Å². The van der Waals surface area contributed by atoms with E-state index in [0.717, 1.165) is 24.8 Å². The van der Waals surface area contributed by atoms with E-state index in [0.29, 0.717) is 22.8 Å². The maximum absolute atomic E-state index is 12.7. The molecule has 1 aromatic heterocycles. The van der Waals surface area contributed by atoms with Crippen LogP contribution in [-0.4, -0.2) is 40.8 Å². The Hall–Kier alpha value is -1.85. The summed E-state index contributed by atoms with van der Waals surface area (Å²) in [6, 6.07) is 7.10. The second kappa shape index (κ2) is 6.72. The summed E-state index contributed by atoms with van der Waals surface area (Å²) in [5.41, 5.74) is 1.70. The van der Waals surface area contributed by atoms with Gasteiger partial charge in [0.2, 0.25) is 0 Å². The SMILES string of the molecule is CN(CC1CCCC1O)C(=O)c1conc1-c1ccc(Cl)cc1. The Bertz CT molecular complexity index is 683. The zero-order chi connectivity index (χ0) is 16.4. The largest absolute Gasteiger partial charge is 0.393 e. The van der Waals surface area contributed by atoms with Crippen molar-refractivity contribution in [1.29, 1.82) is 0 Å². The molecule has 1 heterocycles. The zero-order valence-corrected chi connectivity index (χ0v) is 13.7. The van der Waals surface area contributed by atoms with Crippen molar-refractivity contribution >= 4 is 17.5 Å². The van der Waals surface area contributed by atoms with Gasteiger partial charge >= 0.3 is 0 Å². The number of aliphatic hydroxyl groups excluding tert-OH is 1. The number of carbonyl (C=O) groups excluding carboxylic acids is 1. The van der Waals surface area contributed by atoms with E-state index in [1.165, 1.54) is 6.26 Å². The van der Waals surface area contributed by atoms with E-state index in [1.807, 2.05) is 0 Å². The van der Waals surface area contributed by atoms with Crippen LogP contribution < -0.4 is 0 Å². The lowest BCUT2D eigenvalue weighted by molar-refractivity contribution is 0.0693. The van der Waals surface area contributed by atoms with Gasteiger partial charge in [-0.1, -0.05) is 35.3 Å². The van der Waals surface area contributed by atoms with Crippen molar-refractivity contribution in [3.63, 3.8) is 0 Å². The number of carbonyl (C=O) groups is 1. The van der Waals surface area contributed by atoms with Gasteiger partial charge in [0.05, 0.1) is 6.10 Å². The molecule has 3 rings (SSSR count). The summed E-state index contributed by atoms with van der Waals surface area (Å²) in [5.74, 6) is -0.0157. The minimum atomic E-state index is -0.316. The van der Waals surface area contributed by atoms with Gasteiger partial charge in [0.1, 0.15) is 17.5 Å². The molecule has 0 aliphatic heterocycles. The molecule has 1 fully saturated rings. The average Bonchev–Trinajstić information content (AvgIpc) is 3.17. The molecule has 0 bridgehead atoms. The lowest BCUT2D eigenvalue weighted by Crippen LogP contribution is -2.34. The van der Waals surface area contributed by atoms with E-state index in [-0.39, 0.29) is 17.9 Å². The molecule has 1 aliphatic rings. The Morgan fingerprint density at radius 2 is 2.13 bits per heavy atom. The highest BCUT2D eigenvalue weighted by Gasteiger charge is 2.29. The van der Waals surface area contributed by atoms with E-state index >= 15 is 0 Å². The molecule has 1 N–H and O–H groups in total. The highest BCUT2D eigenvalue weighted by molar-refractivity contribution is 6.30. The van der Waals surface area contributed by atoms with Crippen LogP contribution in [0.15, 0.2) is 35.1 Å². The van der Waals surface area contributed by atoms with Crippen LogP contribution in [0.1, 0.15) is 29.6 Å². The molecule has 1 saturated carbocycles. The maximum atomic E-state index is 12.7. The van der Waals surface area contributed by atoms with Crippen molar-refractivity contribution in [2.24, 2.45) is 5.92 Å². The zero-order valence-electron chi connectivity index (χ0n) is 12.9. The molecule has 122 valence electrons. The van der Waals surface area contributed by atoms with Gasteiger partial charge in [0.15, 0.2) is 0 Å². The summed E-state index contributed by atoms with van der Waals surface area (Å²) in [5, 5.41) is 14.5. The second-order valence-corrected chi connectivity index (χ2v) is 6.46. The first-order chi connectivity index (χ1) is 11.1. The Labute approximate surface area is 139 Å². The maximum Gasteiger partial charge on any atom is 0.259 e. The third-order valence-corrected chi connectivity index (χ3v) is 4.64. The molecule has 2 aromatic rings. The molecule has 2 unspecified atom stereocenters. The first-order valence-corrected chi connectivity index (χ1v) is 8.08. The van der Waals surface area contributed by atoms with Crippen molar-refractivity contribution < 1.29 is 14.4 Å². The van der Waals surface area contributed by atoms with Crippen molar-refractivity contribution in [2.45, 2.75) is 25.4 Å². The minimum absolute atomic E-state index is 0.141. The van der Waals surface area contributed by atoms with Gasteiger partial charge in [-0.3, -0.25) is 4.79 Å². The molecule has 2 atom stereocenters. The number of aliphatic hydroxyl groups is 1. The lowest BCUT2D eigenvalue weighted by atomic mass is 10.0. The quantitative estimate of drug-likeness (QED) is 0.932. The van der Waals surface area contributed by atoms with Crippen LogP contribution in [0, 0.1) is 5.92 Å². The highest BCUT2D eigenvalue weighted by Crippen LogP contribution is 2.28. The number of hydrogen-bond donors (Lipinski definition) is 1. The third-order valence-electron chi connectivity index (χ3n) is 4.39. The molecule has 5 nitrogen and oxygen atoms in total. The van der Waals surface area contributed by atoms with Crippen LogP contribution in [0.25, 0.3) is 11.3 Å². The Morgan fingerprint density at radius 3 is 2.78 bits per heavy atom. The molecule has 0 spiro atoms. The number of halogens is 1. The molecule has 0 radical (unpaired) electrons. The van der Waals surface area contributed by atoms with Crippen LogP contribution in [0.2, 0.25) is 5.02 Å². The first kappa shape index (κ1) is 16.0. The predicted molar refractivity (Wildman–Crippen MR) is 87.3 cm³/mol. The topological polar surface area (TPSA) is 66.6 Å². The smallest absolute Gasteiger partial charge is 0.259 e. The van der Waals surface area contributed by atoms with Crippen molar-refractivity contribution in [3.8, 4) is 11.3 Å². The number of aromatic nitrogens is 1. The molecule has 0 saturated heterocycles. The van der Waals surface area contributed by atoms with Crippen LogP contribution in [-0.2, 0) is 0 Å². The Balaban J connectivity index is 1.77. The van der Waals surface area contributed by atoms with Gasteiger partial charge in [-0.25, -0.2) is 0 Å². The molecule has 1 aromatic carbocycles.